The minimum absolute atomic E-state index is 0.0942. The Bertz CT molecular complexity index is 314. The molecule has 2 aliphatic rings. The number of carbonyl (C=O) groups excluding carboxylic acids is 1. The van der Waals surface area contributed by atoms with E-state index >= 15 is 0 Å². The predicted molar refractivity (Wildman–Crippen MR) is 70.0 cm³/mol. The molecule has 1 saturated heterocycles. The summed E-state index contributed by atoms with van der Waals surface area (Å²) in [5.74, 6) is -2.19. The average molecular weight is 324 g/mol. The van der Waals surface area contributed by atoms with Crippen molar-refractivity contribution in [2.75, 3.05) is 13.1 Å². The van der Waals surface area contributed by atoms with Gasteiger partial charge in [-0.1, -0.05) is 22.9 Å². The van der Waals surface area contributed by atoms with Gasteiger partial charge in [0.05, 0.1) is 0 Å². The number of likely N-dealkylation sites (tertiary alicyclic amines) is 1. The predicted octanol–water partition coefficient (Wildman–Crippen LogP) is 3.44. The lowest BCUT2D eigenvalue weighted by Crippen LogP contribution is -2.46. The molecule has 1 aliphatic heterocycles. The Kier molecular flexibility index (Phi) is 4.29. The van der Waals surface area contributed by atoms with Gasteiger partial charge in [0.15, 0.2) is 0 Å². The van der Waals surface area contributed by atoms with Crippen molar-refractivity contribution < 1.29 is 13.6 Å². The maximum Gasteiger partial charge on any atom is 0.248 e. The summed E-state index contributed by atoms with van der Waals surface area (Å²) < 4.78 is 26.1. The number of hydrogen-bond acceptors (Lipinski definition) is 1. The first kappa shape index (κ1) is 14.2. The molecule has 1 aliphatic carbocycles. The van der Waals surface area contributed by atoms with E-state index in [-0.39, 0.29) is 24.7 Å². The number of alkyl halides is 3. The molecule has 0 bridgehead atoms. The lowest BCUT2D eigenvalue weighted by molar-refractivity contribution is -0.141. The summed E-state index contributed by atoms with van der Waals surface area (Å²) in [5.41, 5.74) is 0. The Morgan fingerprint density at radius 2 is 1.89 bits per heavy atom. The van der Waals surface area contributed by atoms with E-state index < -0.39 is 5.92 Å². The molecule has 1 heterocycles. The van der Waals surface area contributed by atoms with E-state index in [0.29, 0.717) is 23.6 Å². The molecule has 0 aromatic carbocycles. The summed E-state index contributed by atoms with van der Waals surface area (Å²) in [6, 6.07) is 0. The average Bonchev–Trinajstić information content (AvgIpc) is 2.32. The quantitative estimate of drug-likeness (QED) is 0.677. The second-order valence-corrected chi connectivity index (χ2v) is 6.87. The molecule has 5 heteroatoms. The van der Waals surface area contributed by atoms with E-state index in [1.165, 1.54) is 0 Å². The number of hydrogen-bond donors (Lipinski definition) is 0. The summed E-state index contributed by atoms with van der Waals surface area (Å²) in [6.45, 7) is 3.63. The van der Waals surface area contributed by atoms with Gasteiger partial charge in [0.2, 0.25) is 11.8 Å². The van der Waals surface area contributed by atoms with Crippen molar-refractivity contribution >= 4 is 21.8 Å². The Morgan fingerprint density at radius 1 is 1.28 bits per heavy atom. The van der Waals surface area contributed by atoms with Crippen molar-refractivity contribution in [3.63, 3.8) is 0 Å². The van der Waals surface area contributed by atoms with Crippen LogP contribution in [-0.2, 0) is 4.79 Å². The number of amides is 1. The van der Waals surface area contributed by atoms with Gasteiger partial charge in [0, 0.05) is 36.7 Å². The van der Waals surface area contributed by atoms with Crippen LogP contribution in [-0.4, -0.2) is 34.6 Å². The van der Waals surface area contributed by atoms with Crippen LogP contribution in [0.25, 0.3) is 0 Å². The van der Waals surface area contributed by atoms with Crippen LogP contribution in [0.2, 0.25) is 0 Å². The Hall–Kier alpha value is -0.190. The normalized spacial score (nSPS) is 33.4. The second kappa shape index (κ2) is 5.43. The number of nitrogens with zero attached hydrogens (tertiary/aromatic N) is 1. The molecule has 2 nitrogen and oxygen atoms in total. The zero-order valence-electron chi connectivity index (χ0n) is 10.7. The molecular weight excluding hydrogens is 304 g/mol. The number of piperidine rings is 1. The van der Waals surface area contributed by atoms with Gasteiger partial charge in [0.1, 0.15) is 0 Å². The van der Waals surface area contributed by atoms with Crippen molar-refractivity contribution in [3.05, 3.63) is 0 Å². The third kappa shape index (κ3) is 3.22. The van der Waals surface area contributed by atoms with Gasteiger partial charge in [-0.3, -0.25) is 4.79 Å². The molecule has 2 atom stereocenters. The largest absolute Gasteiger partial charge is 0.342 e. The highest BCUT2D eigenvalue weighted by molar-refractivity contribution is 9.09. The summed E-state index contributed by atoms with van der Waals surface area (Å²) in [5, 5.41) is 0. The third-order valence-electron chi connectivity index (χ3n) is 4.18. The molecule has 2 unspecified atom stereocenters. The fourth-order valence-electron chi connectivity index (χ4n) is 2.86. The maximum absolute atomic E-state index is 13.1. The highest BCUT2D eigenvalue weighted by Crippen LogP contribution is 2.37. The van der Waals surface area contributed by atoms with Gasteiger partial charge >= 0.3 is 0 Å². The highest BCUT2D eigenvalue weighted by Gasteiger charge is 2.39. The zero-order valence-corrected chi connectivity index (χ0v) is 12.3. The number of carbonyl (C=O) groups is 1. The van der Waals surface area contributed by atoms with E-state index in [1.807, 2.05) is 4.90 Å². The highest BCUT2D eigenvalue weighted by atomic mass is 79.9. The molecule has 2 fully saturated rings. The molecule has 2 rings (SSSR count). The molecule has 18 heavy (non-hydrogen) atoms. The van der Waals surface area contributed by atoms with Gasteiger partial charge in [0.25, 0.3) is 0 Å². The van der Waals surface area contributed by atoms with Crippen LogP contribution >= 0.6 is 15.9 Å². The zero-order chi connectivity index (χ0) is 13.3. The first-order chi connectivity index (χ1) is 8.39. The molecule has 1 amide bonds. The molecule has 0 radical (unpaired) electrons. The summed E-state index contributed by atoms with van der Waals surface area (Å²) in [6.07, 6.45) is 1.38. The van der Waals surface area contributed by atoms with Gasteiger partial charge < -0.3 is 4.90 Å². The topological polar surface area (TPSA) is 20.3 Å². The Balaban J connectivity index is 1.88. The molecule has 0 N–H and O–H groups in total. The summed E-state index contributed by atoms with van der Waals surface area (Å²) in [4.78, 5) is 14.6. The van der Waals surface area contributed by atoms with Gasteiger partial charge in [-0.25, -0.2) is 8.78 Å². The van der Waals surface area contributed by atoms with E-state index in [4.69, 9.17) is 0 Å². The van der Waals surface area contributed by atoms with Crippen LogP contribution < -0.4 is 0 Å². The molecule has 0 spiro atoms. The summed E-state index contributed by atoms with van der Waals surface area (Å²) >= 11 is 3.60. The van der Waals surface area contributed by atoms with Gasteiger partial charge in [-0.15, -0.1) is 0 Å². The minimum atomic E-state index is -2.55. The van der Waals surface area contributed by atoms with Crippen LogP contribution in [0.15, 0.2) is 0 Å². The Morgan fingerprint density at radius 3 is 2.44 bits per heavy atom. The monoisotopic (exact) mass is 323 g/mol. The van der Waals surface area contributed by atoms with Crippen LogP contribution in [0.1, 0.15) is 39.0 Å². The molecule has 104 valence electrons. The second-order valence-electron chi connectivity index (χ2n) is 5.70. The Labute approximate surface area is 115 Å². The molecular formula is C13H20BrF2NO. The molecule has 0 aromatic heterocycles. The van der Waals surface area contributed by atoms with E-state index in [1.54, 1.807) is 0 Å². The lowest BCUT2D eigenvalue weighted by atomic mass is 9.85. The molecule has 0 aromatic rings. The number of rotatable bonds is 1. The first-order valence-corrected chi connectivity index (χ1v) is 7.61. The smallest absolute Gasteiger partial charge is 0.248 e. The van der Waals surface area contributed by atoms with E-state index in [9.17, 15) is 13.6 Å². The molecule has 1 saturated carbocycles. The van der Waals surface area contributed by atoms with Crippen molar-refractivity contribution in [3.8, 4) is 0 Å². The fourth-order valence-corrected chi connectivity index (χ4v) is 3.23. The third-order valence-corrected chi connectivity index (χ3v) is 5.54. The van der Waals surface area contributed by atoms with Crippen molar-refractivity contribution in [2.45, 2.75) is 49.8 Å². The first-order valence-electron chi connectivity index (χ1n) is 6.70. The van der Waals surface area contributed by atoms with Crippen LogP contribution in [0.4, 0.5) is 8.78 Å². The van der Waals surface area contributed by atoms with Crippen molar-refractivity contribution in [1.29, 1.82) is 0 Å². The van der Waals surface area contributed by atoms with Crippen LogP contribution in [0, 0.1) is 11.8 Å². The van der Waals surface area contributed by atoms with Crippen LogP contribution in [0.3, 0.4) is 0 Å². The maximum atomic E-state index is 13.1. The van der Waals surface area contributed by atoms with Crippen LogP contribution in [0.5, 0.6) is 0 Å². The SMILES string of the molecule is CC1CN(C(=O)C2CCC(F)(F)CC2)CCC1Br. The minimum Gasteiger partial charge on any atom is -0.342 e. The van der Waals surface area contributed by atoms with Gasteiger partial charge in [-0.05, 0) is 25.2 Å². The van der Waals surface area contributed by atoms with Crippen molar-refractivity contribution in [2.24, 2.45) is 11.8 Å². The standard InChI is InChI=1S/C13H20BrF2NO/c1-9-8-17(7-4-11(9)14)12(18)10-2-5-13(15,16)6-3-10/h9-11H,2-8H2,1H3. The van der Waals surface area contributed by atoms with Crippen molar-refractivity contribution in [1.82, 2.24) is 4.90 Å². The lowest BCUT2D eigenvalue weighted by Gasteiger charge is -2.38. The van der Waals surface area contributed by atoms with E-state index in [2.05, 4.69) is 22.9 Å². The fraction of sp³-hybridized carbons (Fsp3) is 0.923. The summed E-state index contributed by atoms with van der Waals surface area (Å²) in [7, 11) is 0. The number of halogens is 3. The van der Waals surface area contributed by atoms with Gasteiger partial charge in [-0.2, -0.15) is 0 Å². The van der Waals surface area contributed by atoms with E-state index in [0.717, 1.165) is 19.5 Å².